The molecular weight excluding hydrogens is 231 g/mol. The van der Waals surface area contributed by atoms with Gasteiger partial charge in [-0.1, -0.05) is 12.1 Å². The summed E-state index contributed by atoms with van der Waals surface area (Å²) in [6.07, 6.45) is 1.63. The summed E-state index contributed by atoms with van der Waals surface area (Å²) in [5.74, 6) is -0.0582. The zero-order valence-corrected chi connectivity index (χ0v) is 9.21. The molecule has 3 aromatic rings. The monoisotopic (exact) mass is 238 g/mol. The number of benzene rings is 1. The smallest absolute Gasteiger partial charge is 0.185 e. The summed E-state index contributed by atoms with van der Waals surface area (Å²) in [4.78, 5) is 4.21. The number of aromatic nitrogens is 3. The van der Waals surface area contributed by atoms with Crippen molar-refractivity contribution in [3.63, 3.8) is 0 Å². The molecular formula is C13H7FN4. The van der Waals surface area contributed by atoms with E-state index in [1.807, 2.05) is 6.07 Å². The van der Waals surface area contributed by atoms with Gasteiger partial charge < -0.3 is 0 Å². The third-order valence-corrected chi connectivity index (χ3v) is 2.58. The van der Waals surface area contributed by atoms with Crippen molar-refractivity contribution in [2.45, 2.75) is 0 Å². The number of hydrogen-bond donors (Lipinski definition) is 0. The van der Waals surface area contributed by atoms with Crippen LogP contribution in [0.25, 0.3) is 17.0 Å². The van der Waals surface area contributed by atoms with Crippen LogP contribution in [0.1, 0.15) is 5.56 Å². The van der Waals surface area contributed by atoms with Gasteiger partial charge in [0, 0.05) is 12.3 Å². The maximum atomic E-state index is 13.6. The van der Waals surface area contributed by atoms with Crippen LogP contribution in [-0.4, -0.2) is 14.6 Å². The fourth-order valence-corrected chi connectivity index (χ4v) is 1.71. The van der Waals surface area contributed by atoms with Gasteiger partial charge in [-0.3, -0.25) is 0 Å². The number of halogens is 1. The normalized spacial score (nSPS) is 10.4. The molecule has 0 bridgehead atoms. The van der Waals surface area contributed by atoms with E-state index in [1.54, 1.807) is 36.5 Å². The molecule has 0 saturated heterocycles. The van der Waals surface area contributed by atoms with Gasteiger partial charge >= 0.3 is 0 Å². The van der Waals surface area contributed by atoms with Gasteiger partial charge in [0.25, 0.3) is 0 Å². The molecule has 0 unspecified atom stereocenters. The Bertz CT molecular complexity index is 770. The molecule has 0 aliphatic heterocycles. The van der Waals surface area contributed by atoms with Crippen LogP contribution >= 0.6 is 0 Å². The average molecular weight is 238 g/mol. The molecule has 86 valence electrons. The van der Waals surface area contributed by atoms with Gasteiger partial charge in [0.05, 0.1) is 17.2 Å². The molecule has 5 heteroatoms. The number of fused-ring (bicyclic) bond motifs is 1. The highest BCUT2D eigenvalue weighted by molar-refractivity contribution is 5.59. The van der Waals surface area contributed by atoms with E-state index in [2.05, 4.69) is 10.1 Å². The Hall–Kier alpha value is -2.74. The van der Waals surface area contributed by atoms with Gasteiger partial charge in [-0.05, 0) is 18.2 Å². The highest BCUT2D eigenvalue weighted by Gasteiger charge is 2.10. The molecule has 0 spiro atoms. The fraction of sp³-hybridized carbons (Fsp3) is 0. The largest absolute Gasteiger partial charge is 0.220 e. The fourth-order valence-electron chi connectivity index (χ4n) is 1.71. The minimum atomic E-state index is -0.367. The molecule has 0 atom stereocenters. The quantitative estimate of drug-likeness (QED) is 0.654. The predicted octanol–water partition coefficient (Wildman–Crippen LogP) is 2.41. The summed E-state index contributed by atoms with van der Waals surface area (Å²) in [6.45, 7) is 0. The lowest BCUT2D eigenvalue weighted by Gasteiger charge is -1.95. The van der Waals surface area contributed by atoms with E-state index in [4.69, 9.17) is 5.26 Å². The first-order valence-corrected chi connectivity index (χ1v) is 5.29. The minimum absolute atomic E-state index is 0.309. The molecule has 2 heterocycles. The Morgan fingerprint density at radius 2 is 2.06 bits per heavy atom. The molecule has 18 heavy (non-hydrogen) atoms. The summed E-state index contributed by atoms with van der Waals surface area (Å²) in [5, 5.41) is 13.0. The van der Waals surface area contributed by atoms with E-state index < -0.39 is 0 Å². The Labute approximate surface area is 102 Å². The Morgan fingerprint density at radius 3 is 2.83 bits per heavy atom. The number of hydrogen-bond acceptors (Lipinski definition) is 3. The molecule has 0 radical (unpaired) electrons. The van der Waals surface area contributed by atoms with Crippen molar-refractivity contribution in [2.24, 2.45) is 0 Å². The average Bonchev–Trinajstić information content (AvgIpc) is 2.81. The Morgan fingerprint density at radius 1 is 1.22 bits per heavy atom. The van der Waals surface area contributed by atoms with E-state index >= 15 is 0 Å². The van der Waals surface area contributed by atoms with Crippen LogP contribution in [0, 0.1) is 17.1 Å². The van der Waals surface area contributed by atoms with Crippen molar-refractivity contribution >= 4 is 5.65 Å². The topological polar surface area (TPSA) is 54.0 Å². The molecule has 0 saturated carbocycles. The van der Waals surface area contributed by atoms with Crippen LogP contribution in [0.3, 0.4) is 0 Å². The molecule has 0 amide bonds. The van der Waals surface area contributed by atoms with Crippen molar-refractivity contribution in [1.82, 2.24) is 14.6 Å². The number of rotatable bonds is 1. The van der Waals surface area contributed by atoms with Crippen molar-refractivity contribution in [3.8, 4) is 17.5 Å². The third kappa shape index (κ3) is 1.60. The van der Waals surface area contributed by atoms with Crippen molar-refractivity contribution in [1.29, 1.82) is 5.26 Å². The van der Waals surface area contributed by atoms with E-state index in [0.29, 0.717) is 22.6 Å². The van der Waals surface area contributed by atoms with E-state index in [-0.39, 0.29) is 5.82 Å². The van der Waals surface area contributed by atoms with Crippen molar-refractivity contribution in [2.75, 3.05) is 0 Å². The molecule has 3 rings (SSSR count). The first-order valence-electron chi connectivity index (χ1n) is 5.29. The second-order valence-corrected chi connectivity index (χ2v) is 3.75. The maximum Gasteiger partial charge on any atom is 0.185 e. The molecule has 2 aromatic heterocycles. The van der Waals surface area contributed by atoms with Crippen LogP contribution < -0.4 is 0 Å². The second kappa shape index (κ2) is 3.93. The minimum Gasteiger partial charge on any atom is -0.220 e. The predicted molar refractivity (Wildman–Crippen MR) is 63.1 cm³/mol. The number of nitriles is 1. The van der Waals surface area contributed by atoms with Crippen LogP contribution in [0.5, 0.6) is 0 Å². The van der Waals surface area contributed by atoms with Gasteiger partial charge in [0.1, 0.15) is 5.82 Å². The van der Waals surface area contributed by atoms with Gasteiger partial charge in [0.2, 0.25) is 0 Å². The first-order chi connectivity index (χ1) is 8.78. The van der Waals surface area contributed by atoms with Crippen LogP contribution in [0.4, 0.5) is 4.39 Å². The van der Waals surface area contributed by atoms with Crippen molar-refractivity contribution in [3.05, 3.63) is 54.0 Å². The van der Waals surface area contributed by atoms with Crippen molar-refractivity contribution < 1.29 is 4.39 Å². The molecule has 0 aliphatic carbocycles. The third-order valence-electron chi connectivity index (χ3n) is 2.58. The van der Waals surface area contributed by atoms with Gasteiger partial charge in [-0.2, -0.15) is 5.26 Å². The van der Waals surface area contributed by atoms with Crippen LogP contribution in [0.2, 0.25) is 0 Å². The Balaban J connectivity index is 2.20. The molecule has 0 N–H and O–H groups in total. The van der Waals surface area contributed by atoms with Gasteiger partial charge in [-0.25, -0.2) is 13.9 Å². The zero-order chi connectivity index (χ0) is 12.5. The summed E-state index contributed by atoms with van der Waals surface area (Å²) in [7, 11) is 0. The second-order valence-electron chi connectivity index (χ2n) is 3.75. The lowest BCUT2D eigenvalue weighted by molar-refractivity contribution is 0.630. The highest BCUT2D eigenvalue weighted by atomic mass is 19.1. The van der Waals surface area contributed by atoms with Crippen LogP contribution in [-0.2, 0) is 0 Å². The van der Waals surface area contributed by atoms with E-state index in [9.17, 15) is 4.39 Å². The summed E-state index contributed by atoms with van der Waals surface area (Å²) in [5.41, 5.74) is 1.36. The zero-order valence-electron chi connectivity index (χ0n) is 9.21. The standard InChI is InChI=1S/C13H7FN4/c14-11-4-2-1-3-10(11)13-16-12-7-9(8-15)5-6-18(12)17-13/h1-7H. The van der Waals surface area contributed by atoms with Gasteiger partial charge in [-0.15, -0.1) is 5.10 Å². The lowest BCUT2D eigenvalue weighted by Crippen LogP contribution is -1.88. The molecule has 0 aliphatic rings. The van der Waals surface area contributed by atoms with Crippen LogP contribution in [0.15, 0.2) is 42.6 Å². The lowest BCUT2D eigenvalue weighted by atomic mass is 10.2. The van der Waals surface area contributed by atoms with E-state index in [1.165, 1.54) is 10.6 Å². The molecule has 1 aromatic carbocycles. The molecule has 4 nitrogen and oxygen atoms in total. The first kappa shape index (κ1) is 10.4. The summed E-state index contributed by atoms with van der Waals surface area (Å²) < 4.78 is 15.1. The molecule has 0 fully saturated rings. The SMILES string of the molecule is N#Cc1ccn2nc(-c3ccccc3F)nc2c1. The highest BCUT2D eigenvalue weighted by Crippen LogP contribution is 2.19. The number of pyridine rings is 1. The number of nitrogens with zero attached hydrogens (tertiary/aromatic N) is 4. The summed E-state index contributed by atoms with van der Waals surface area (Å²) in [6, 6.07) is 11.6. The van der Waals surface area contributed by atoms with Gasteiger partial charge in [0.15, 0.2) is 11.5 Å². The van der Waals surface area contributed by atoms with E-state index in [0.717, 1.165) is 0 Å². The Kier molecular flexibility index (Phi) is 2.27. The maximum absolute atomic E-state index is 13.6. The summed E-state index contributed by atoms with van der Waals surface area (Å²) >= 11 is 0.